The first kappa shape index (κ1) is 79.8. The van der Waals surface area contributed by atoms with E-state index < -0.39 is 0 Å². The average Bonchev–Trinajstić information content (AvgIpc) is 3.43. The van der Waals surface area contributed by atoms with Gasteiger partial charge in [-0.2, -0.15) is 0 Å². The molecule has 0 fully saturated rings. The van der Waals surface area contributed by atoms with Crippen molar-refractivity contribution in [1.82, 2.24) is 0 Å². The summed E-state index contributed by atoms with van der Waals surface area (Å²) < 4.78 is 6.13. The fraction of sp³-hybridized carbons (Fsp3) is 0.447. The maximum atomic E-state index is 8.47. The van der Waals surface area contributed by atoms with Crippen LogP contribution in [0.5, 0.6) is 0 Å². The van der Waals surface area contributed by atoms with E-state index in [1.165, 1.54) is 66.8 Å². The molecule has 0 aromatic heterocycles. The Morgan fingerprint density at radius 3 is 0.500 bits per heavy atom. The van der Waals surface area contributed by atoms with Crippen molar-refractivity contribution >= 4 is 34.1 Å². The third kappa shape index (κ3) is 41.0. The van der Waals surface area contributed by atoms with Crippen LogP contribution >= 0.6 is 0 Å². The number of hydrogen-bond acceptors (Lipinski definition) is 2. The molecule has 10 heteroatoms. The molecule has 6 rings (SSSR count). The Morgan fingerprint density at radius 1 is 0.279 bits per heavy atom. The van der Waals surface area contributed by atoms with Gasteiger partial charge in [-0.25, -0.2) is 0 Å². The van der Waals surface area contributed by atoms with Gasteiger partial charge in [-0.3, -0.25) is 0 Å². The fourth-order valence-electron chi connectivity index (χ4n) is 8.83. The number of hydrogen-bond donors (Lipinski definition) is 0. The van der Waals surface area contributed by atoms with Gasteiger partial charge < -0.3 is 31.9 Å². The summed E-state index contributed by atoms with van der Waals surface area (Å²) in [5.41, 5.74) is 24.1. The fourth-order valence-corrected chi connectivity index (χ4v) is 9.94. The van der Waals surface area contributed by atoms with E-state index in [1.807, 2.05) is 0 Å². The van der Waals surface area contributed by atoms with E-state index >= 15 is 0 Å². The SMILES string of the molecule is Cc1cc(C)cc([N-]C(C)C)c1.Cc1cc(C)cc([N-]C(C)C)c1.Cc1cc(C)cc([N-]C(C)C)c1.Cc1cc(C)cc([N-]C(C)C)c1.Cc1cc(C)cc([N-]C(C)C)c1.Cc1cc(C)cc([N-]C(C)C)c1.N#CCC/C([C]#[Mo])=C(\[C]#[Mo])CCC#N. The molecule has 6 aromatic rings. The summed E-state index contributed by atoms with van der Waals surface area (Å²) in [4.78, 5) is 0. The molecule has 0 radical (unpaired) electrons. The Balaban J connectivity index is 0.000000980. The van der Waals surface area contributed by atoms with Crippen molar-refractivity contribution < 1.29 is 38.3 Å². The summed E-state index contributed by atoms with van der Waals surface area (Å²) in [6.45, 7) is 50.4. The molecule has 0 saturated heterocycles. The van der Waals surface area contributed by atoms with Gasteiger partial charge in [-0.05, 0) is 83.1 Å². The quantitative estimate of drug-likeness (QED) is 0.0893. The van der Waals surface area contributed by atoms with Crippen LogP contribution in [0.3, 0.4) is 0 Å². The minimum absolute atomic E-state index is 0.381. The molecule has 0 saturated carbocycles. The molecule has 8 nitrogen and oxygen atoms in total. The third-order valence-electron chi connectivity index (χ3n) is 11.3. The zero-order valence-corrected chi connectivity index (χ0v) is 61.1. The first-order valence-electron chi connectivity index (χ1n) is 30.2. The van der Waals surface area contributed by atoms with Crippen LogP contribution in [-0.4, -0.2) is 36.3 Å². The Bertz CT molecular complexity index is 2550. The predicted octanol–water partition coefficient (Wildman–Crippen LogP) is 24.2. The van der Waals surface area contributed by atoms with Gasteiger partial charge in [0.1, 0.15) is 0 Å². The molecule has 0 heterocycles. The number of allylic oxidation sites excluding steroid dienone is 2. The Labute approximate surface area is 546 Å². The van der Waals surface area contributed by atoms with Gasteiger partial charge in [-0.15, -0.1) is 70.4 Å². The molecule has 0 N–H and O–H groups in total. The summed E-state index contributed by atoms with van der Waals surface area (Å²) >= 11 is 3.52. The van der Waals surface area contributed by atoms with Crippen LogP contribution in [0.25, 0.3) is 31.9 Å². The summed E-state index contributed by atoms with van der Waals surface area (Å²) in [5.74, 6) is 0. The molecule has 6 aromatic carbocycles. The van der Waals surface area contributed by atoms with Crippen molar-refractivity contribution in [3.63, 3.8) is 0 Å². The van der Waals surface area contributed by atoms with Crippen LogP contribution in [0.15, 0.2) is 120 Å². The molecule has 0 amide bonds. The molecular weight excluding hydrogens is 1220 g/mol. The molecule has 466 valence electrons. The number of aryl methyl sites for hydroxylation is 12. The second-order valence-electron chi connectivity index (χ2n) is 23.9. The third-order valence-corrected chi connectivity index (χ3v) is 12.5. The van der Waals surface area contributed by atoms with Gasteiger partial charge in [0, 0.05) is 0 Å². The van der Waals surface area contributed by atoms with Crippen LogP contribution in [0.1, 0.15) is 176 Å². The first-order chi connectivity index (χ1) is 40.2. The van der Waals surface area contributed by atoms with E-state index in [9.17, 15) is 0 Å². The van der Waals surface area contributed by atoms with Crippen molar-refractivity contribution in [3.8, 4) is 20.5 Å². The van der Waals surface area contributed by atoms with E-state index in [-0.39, 0.29) is 0 Å². The van der Waals surface area contributed by atoms with Crippen LogP contribution in [0, 0.1) is 114 Å². The van der Waals surface area contributed by atoms with E-state index in [0.717, 1.165) is 45.3 Å². The molecule has 86 heavy (non-hydrogen) atoms. The second kappa shape index (κ2) is 44.2. The molecule has 0 aliphatic carbocycles. The molecule has 0 aliphatic rings. The van der Waals surface area contributed by atoms with Crippen molar-refractivity contribution in [2.45, 2.75) is 228 Å². The van der Waals surface area contributed by atoms with Gasteiger partial charge in [0.2, 0.25) is 0 Å². The normalized spacial score (nSPS) is 10.3. The number of rotatable bonds is 16. The van der Waals surface area contributed by atoms with Crippen LogP contribution in [0.4, 0.5) is 34.1 Å². The Kier molecular flexibility index (Phi) is 41.0. The van der Waals surface area contributed by atoms with Crippen molar-refractivity contribution in [2.75, 3.05) is 0 Å². The topological polar surface area (TPSA) is 132 Å². The molecule has 0 atom stereocenters. The summed E-state index contributed by atoms with van der Waals surface area (Å²) in [7, 11) is 0. The van der Waals surface area contributed by atoms with Crippen LogP contribution in [-0.2, 0) is 38.3 Å². The molecule has 0 unspecified atom stereocenters. The molecule has 0 bridgehead atoms. The van der Waals surface area contributed by atoms with E-state index in [2.05, 4.69) is 328 Å². The second-order valence-corrected chi connectivity index (χ2v) is 24.9. The predicted molar refractivity (Wildman–Crippen MR) is 369 cm³/mol. The monoisotopic (exact) mass is 1320 g/mol. The number of nitrogens with zero attached hydrogens (tertiary/aromatic N) is 8. The van der Waals surface area contributed by atoms with Crippen molar-refractivity contribution in [2.24, 2.45) is 0 Å². The summed E-state index contributed by atoms with van der Waals surface area (Å²) in [5, 5.41) is 43.8. The average molecular weight is 1320 g/mol. The minimum atomic E-state index is 0.381. The van der Waals surface area contributed by atoms with E-state index in [4.69, 9.17) is 10.5 Å². The molecule has 0 aliphatic heterocycles. The number of benzene rings is 6. The molecule has 0 spiro atoms. The van der Waals surface area contributed by atoms with Gasteiger partial charge >= 0.3 is 106 Å². The van der Waals surface area contributed by atoms with Gasteiger partial charge in [0.05, 0.1) is 0 Å². The van der Waals surface area contributed by atoms with Crippen LogP contribution in [0.2, 0.25) is 0 Å². The van der Waals surface area contributed by atoms with Gasteiger partial charge in [0.25, 0.3) is 0 Å². The zero-order chi connectivity index (χ0) is 65.6. The van der Waals surface area contributed by atoms with Gasteiger partial charge in [-0.1, -0.05) is 259 Å². The number of nitriles is 2. The Morgan fingerprint density at radius 2 is 0.407 bits per heavy atom. The van der Waals surface area contributed by atoms with Crippen molar-refractivity contribution in [3.05, 3.63) is 219 Å². The van der Waals surface area contributed by atoms with Gasteiger partial charge in [0.15, 0.2) is 0 Å². The van der Waals surface area contributed by atoms with E-state index in [0.29, 0.717) is 61.9 Å². The molecular formula is C76H104Mo2N8-6. The van der Waals surface area contributed by atoms with Crippen molar-refractivity contribution in [1.29, 1.82) is 10.5 Å². The Hall–Kier alpha value is -6.22. The zero-order valence-electron chi connectivity index (χ0n) is 57.1. The van der Waals surface area contributed by atoms with Crippen LogP contribution < -0.4 is 0 Å². The summed E-state index contributed by atoms with van der Waals surface area (Å²) in [6.07, 6.45) is 2.41. The first-order valence-corrected chi connectivity index (χ1v) is 32.2. The summed E-state index contributed by atoms with van der Waals surface area (Å²) in [6, 6.07) is 44.9. The standard InChI is InChI=1S/6C11H16N.C10H8N2.2Mo/c6*1-8(2)12-11-6-9(3)5-10(4)7-11;1-9(5-3-7-11)10(2)6-4-8-12;;/h6*5-8H,1-4H3;3-6H2;;/q6*-1;;;/b;;;;;;10-9+;;. The van der Waals surface area contributed by atoms with E-state index in [1.54, 1.807) is 38.3 Å². The maximum absolute atomic E-state index is 8.47.